The summed E-state index contributed by atoms with van der Waals surface area (Å²) >= 11 is 8.14. The van der Waals surface area contributed by atoms with E-state index in [4.69, 9.17) is 17.0 Å². The van der Waals surface area contributed by atoms with Crippen molar-refractivity contribution in [2.75, 3.05) is 0 Å². The van der Waals surface area contributed by atoms with Crippen LogP contribution in [0.4, 0.5) is 0 Å². The Bertz CT molecular complexity index is 1280. The molecule has 4 rings (SSSR count). The van der Waals surface area contributed by atoms with Crippen molar-refractivity contribution in [1.82, 2.24) is 19.1 Å². The predicted molar refractivity (Wildman–Crippen MR) is 120 cm³/mol. The lowest BCUT2D eigenvalue weighted by Gasteiger charge is -2.05. The number of allylic oxidation sites excluding steroid dienone is 1. The van der Waals surface area contributed by atoms with Gasteiger partial charge in [-0.1, -0.05) is 35.1 Å². The van der Waals surface area contributed by atoms with Crippen LogP contribution in [0.25, 0.3) is 10.3 Å². The van der Waals surface area contributed by atoms with Gasteiger partial charge < -0.3 is 9.30 Å². The molecular weight excluding hydrogens is 424 g/mol. The van der Waals surface area contributed by atoms with Crippen LogP contribution in [0.15, 0.2) is 53.4 Å². The number of ether oxygens (including phenoxy) is 1. The fourth-order valence-corrected chi connectivity index (χ4v) is 4.83. The van der Waals surface area contributed by atoms with Gasteiger partial charge in [0.15, 0.2) is 9.60 Å². The molecule has 0 spiro atoms. The van der Waals surface area contributed by atoms with E-state index in [0.29, 0.717) is 34.0 Å². The molecule has 0 fully saturated rings. The number of nitrogens with zero attached hydrogens (tertiary/aromatic N) is 4. The van der Waals surface area contributed by atoms with E-state index in [1.807, 2.05) is 41.1 Å². The molecule has 0 atom stereocenters. The van der Waals surface area contributed by atoms with Gasteiger partial charge in [0.1, 0.15) is 28.4 Å². The van der Waals surface area contributed by atoms with Crippen LogP contribution < -0.4 is 10.3 Å². The summed E-state index contributed by atoms with van der Waals surface area (Å²) in [6, 6.07) is 7.90. The molecule has 148 valence electrons. The van der Waals surface area contributed by atoms with Gasteiger partial charge in [0.25, 0.3) is 5.56 Å². The number of thiazole rings is 2. The third-order valence-electron chi connectivity index (χ3n) is 4.27. The second-order valence-electron chi connectivity index (χ2n) is 6.43. The first-order chi connectivity index (χ1) is 14.0. The first kappa shape index (κ1) is 19.7. The summed E-state index contributed by atoms with van der Waals surface area (Å²) < 4.78 is 10.3. The van der Waals surface area contributed by atoms with Crippen LogP contribution in [0.3, 0.4) is 0 Å². The Morgan fingerprint density at radius 2 is 2.10 bits per heavy atom. The van der Waals surface area contributed by atoms with Crippen molar-refractivity contribution in [2.24, 2.45) is 0 Å². The van der Waals surface area contributed by atoms with Gasteiger partial charge in [-0.25, -0.2) is 9.97 Å². The number of rotatable bonds is 7. The molecule has 0 unspecified atom stereocenters. The van der Waals surface area contributed by atoms with Crippen molar-refractivity contribution in [2.45, 2.75) is 26.6 Å². The fourth-order valence-electron chi connectivity index (χ4n) is 2.82. The molecule has 4 aromatic rings. The molecule has 0 amide bonds. The van der Waals surface area contributed by atoms with Gasteiger partial charge in [0.05, 0.1) is 12.2 Å². The van der Waals surface area contributed by atoms with Crippen LogP contribution in [0.2, 0.25) is 0 Å². The zero-order valence-corrected chi connectivity index (χ0v) is 18.1. The molecule has 0 bridgehead atoms. The summed E-state index contributed by atoms with van der Waals surface area (Å²) in [4.78, 5) is 21.9. The van der Waals surface area contributed by atoms with E-state index in [1.54, 1.807) is 17.0 Å². The van der Waals surface area contributed by atoms with Gasteiger partial charge in [0, 0.05) is 11.9 Å². The molecule has 1 aromatic carbocycles. The molecule has 0 aliphatic rings. The average molecular weight is 443 g/mol. The number of hydrogen-bond acceptors (Lipinski definition) is 7. The molecule has 0 N–H and O–H groups in total. The van der Waals surface area contributed by atoms with E-state index in [0.717, 1.165) is 16.5 Å². The molecule has 29 heavy (non-hydrogen) atoms. The normalized spacial score (nSPS) is 11.1. The molecule has 0 aliphatic carbocycles. The topological polar surface area (TPSA) is 61.9 Å². The highest BCUT2D eigenvalue weighted by atomic mass is 32.1. The van der Waals surface area contributed by atoms with E-state index in [9.17, 15) is 4.79 Å². The lowest BCUT2D eigenvalue weighted by Crippen LogP contribution is -2.21. The van der Waals surface area contributed by atoms with E-state index < -0.39 is 0 Å². The summed E-state index contributed by atoms with van der Waals surface area (Å²) in [6.45, 7) is 7.05. The number of fused-ring (bicyclic) bond motifs is 1. The predicted octanol–water partition coefficient (Wildman–Crippen LogP) is 4.57. The summed E-state index contributed by atoms with van der Waals surface area (Å²) in [7, 11) is 0. The summed E-state index contributed by atoms with van der Waals surface area (Å²) in [6.07, 6.45) is 3.29. The Morgan fingerprint density at radius 3 is 2.86 bits per heavy atom. The van der Waals surface area contributed by atoms with Gasteiger partial charge in [0.2, 0.25) is 0 Å². The third-order valence-corrected chi connectivity index (χ3v) is 6.57. The Kier molecular flexibility index (Phi) is 5.70. The molecule has 0 aliphatic heterocycles. The van der Waals surface area contributed by atoms with Crippen LogP contribution in [-0.4, -0.2) is 19.1 Å². The molecular formula is C20H18N4O2S3. The molecule has 0 saturated heterocycles. The smallest absolute Gasteiger partial charge is 0.273 e. The Hall–Kier alpha value is -2.62. The largest absolute Gasteiger partial charge is 0.486 e. The number of benzene rings is 1. The van der Waals surface area contributed by atoms with Crippen molar-refractivity contribution in [3.05, 3.63) is 79.2 Å². The van der Waals surface area contributed by atoms with Crippen molar-refractivity contribution in [1.29, 1.82) is 0 Å². The quantitative estimate of drug-likeness (QED) is 0.310. The second kappa shape index (κ2) is 8.40. The van der Waals surface area contributed by atoms with Crippen molar-refractivity contribution < 1.29 is 4.74 Å². The maximum absolute atomic E-state index is 12.8. The molecule has 0 radical (unpaired) electrons. The third kappa shape index (κ3) is 4.21. The first-order valence-corrected chi connectivity index (χ1v) is 11.0. The monoisotopic (exact) mass is 442 g/mol. The van der Waals surface area contributed by atoms with Crippen LogP contribution in [-0.2, 0) is 19.7 Å². The van der Waals surface area contributed by atoms with Gasteiger partial charge in [-0.15, -0.1) is 17.9 Å². The molecule has 3 aromatic heterocycles. The number of aromatic nitrogens is 4. The lowest BCUT2D eigenvalue weighted by atomic mass is 10.2. The minimum Gasteiger partial charge on any atom is -0.486 e. The van der Waals surface area contributed by atoms with Crippen LogP contribution in [0.1, 0.15) is 16.3 Å². The second-order valence-corrected chi connectivity index (χ2v) is 9.02. The van der Waals surface area contributed by atoms with Crippen molar-refractivity contribution in [3.63, 3.8) is 0 Å². The number of aryl methyl sites for hydroxylation is 1. The minimum atomic E-state index is -0.112. The van der Waals surface area contributed by atoms with Gasteiger partial charge in [-0.2, -0.15) is 0 Å². The zero-order chi connectivity index (χ0) is 20.4. The lowest BCUT2D eigenvalue weighted by molar-refractivity contribution is 0.305. The van der Waals surface area contributed by atoms with E-state index >= 15 is 0 Å². The fraction of sp³-hybridized carbons (Fsp3) is 0.200. The van der Waals surface area contributed by atoms with Gasteiger partial charge >= 0.3 is 0 Å². The Balaban J connectivity index is 1.51. The highest BCUT2D eigenvalue weighted by Gasteiger charge is 2.12. The van der Waals surface area contributed by atoms with E-state index in [1.165, 1.54) is 28.2 Å². The average Bonchev–Trinajstić information content (AvgIpc) is 3.29. The van der Waals surface area contributed by atoms with Crippen LogP contribution >= 0.6 is 34.9 Å². The van der Waals surface area contributed by atoms with E-state index in [2.05, 4.69) is 16.5 Å². The van der Waals surface area contributed by atoms with Gasteiger partial charge in [-0.05, 0) is 31.3 Å². The summed E-state index contributed by atoms with van der Waals surface area (Å²) in [5.74, 6) is 0.809. The maximum Gasteiger partial charge on any atom is 0.273 e. The summed E-state index contributed by atoms with van der Waals surface area (Å²) in [5, 5.41) is 2.80. The van der Waals surface area contributed by atoms with Gasteiger partial charge in [-0.3, -0.25) is 9.36 Å². The molecule has 6 nitrogen and oxygen atoms in total. The minimum absolute atomic E-state index is 0.112. The zero-order valence-electron chi connectivity index (χ0n) is 15.7. The first-order valence-electron chi connectivity index (χ1n) is 8.87. The molecule has 9 heteroatoms. The number of hydrogen-bond donors (Lipinski definition) is 0. The molecule has 3 heterocycles. The SMILES string of the molecule is C=CCn1c(=S)sc2c(=O)n(Cc3csc(COc4ccc(C)cc4)n3)cnc21. The van der Waals surface area contributed by atoms with Crippen LogP contribution in [0, 0.1) is 10.9 Å². The standard InChI is InChI=1S/C20H18N4O2S3/c1-3-8-24-18-17(29-20(24)27)19(25)23(12-21-18)9-14-11-28-16(22-14)10-26-15-6-4-13(2)5-7-15/h3-7,11-12H,1,8-10H2,2H3. The molecule has 0 saturated carbocycles. The highest BCUT2D eigenvalue weighted by molar-refractivity contribution is 7.73. The Labute approximate surface area is 180 Å². The highest BCUT2D eigenvalue weighted by Crippen LogP contribution is 2.19. The van der Waals surface area contributed by atoms with Crippen LogP contribution in [0.5, 0.6) is 5.75 Å². The summed E-state index contributed by atoms with van der Waals surface area (Å²) in [5.41, 5.74) is 2.48. The Morgan fingerprint density at radius 1 is 1.31 bits per heavy atom. The maximum atomic E-state index is 12.8. The van der Waals surface area contributed by atoms with Crippen molar-refractivity contribution in [3.8, 4) is 5.75 Å². The van der Waals surface area contributed by atoms with Crippen molar-refractivity contribution >= 4 is 45.2 Å². The van der Waals surface area contributed by atoms with E-state index in [-0.39, 0.29) is 5.56 Å².